The first-order chi connectivity index (χ1) is 5.65. The first-order valence-corrected chi connectivity index (χ1v) is 4.88. The normalized spacial score (nSPS) is 11.1. The van der Waals surface area contributed by atoms with Crippen molar-refractivity contribution in [1.82, 2.24) is 9.78 Å². The Balaban J connectivity index is 2.85. The van der Waals surface area contributed by atoms with E-state index in [0.29, 0.717) is 12.6 Å². The molecule has 3 nitrogen and oxygen atoms in total. The zero-order chi connectivity index (χ0) is 9.14. The number of nitrogens with two attached hydrogens (primary N) is 1. The third kappa shape index (κ3) is 2.08. The van der Waals surface area contributed by atoms with Gasteiger partial charge in [0, 0.05) is 12.5 Å². The minimum absolute atomic E-state index is 0.394. The Bertz CT molecular complexity index is 255. The zero-order valence-corrected chi connectivity index (χ0v) is 9.00. The number of hydrogen-bond acceptors (Lipinski definition) is 2. The molecule has 0 unspecified atom stereocenters. The molecule has 12 heavy (non-hydrogen) atoms. The summed E-state index contributed by atoms with van der Waals surface area (Å²) in [7, 11) is 0. The monoisotopic (exact) mass is 231 g/mol. The summed E-state index contributed by atoms with van der Waals surface area (Å²) in [5, 5.41) is 4.39. The van der Waals surface area contributed by atoms with Crippen LogP contribution in [-0.2, 0) is 6.42 Å². The van der Waals surface area contributed by atoms with E-state index in [0.717, 1.165) is 16.7 Å². The molecule has 1 aromatic rings. The molecule has 0 amide bonds. The Labute approximate surface area is 81.1 Å². The van der Waals surface area contributed by atoms with Gasteiger partial charge in [0.25, 0.3) is 0 Å². The molecule has 0 aliphatic heterocycles. The van der Waals surface area contributed by atoms with Crippen molar-refractivity contribution in [1.29, 1.82) is 0 Å². The maximum Gasteiger partial charge on any atom is 0.104 e. The van der Waals surface area contributed by atoms with Gasteiger partial charge in [0.2, 0.25) is 0 Å². The van der Waals surface area contributed by atoms with Gasteiger partial charge in [-0.15, -0.1) is 0 Å². The van der Waals surface area contributed by atoms with Crippen LogP contribution < -0.4 is 5.73 Å². The van der Waals surface area contributed by atoms with Crippen molar-refractivity contribution in [3.05, 3.63) is 16.4 Å². The van der Waals surface area contributed by atoms with Crippen LogP contribution in [0.4, 0.5) is 0 Å². The number of hydrogen-bond donors (Lipinski definition) is 1. The van der Waals surface area contributed by atoms with Gasteiger partial charge in [0.15, 0.2) is 0 Å². The Morgan fingerprint density at radius 2 is 2.33 bits per heavy atom. The van der Waals surface area contributed by atoms with Crippen LogP contribution in [0.5, 0.6) is 0 Å². The molecule has 0 aliphatic rings. The van der Waals surface area contributed by atoms with E-state index in [1.807, 2.05) is 10.7 Å². The molecule has 4 heteroatoms. The number of rotatable bonds is 3. The molecule has 1 heterocycles. The van der Waals surface area contributed by atoms with Crippen LogP contribution in [0.15, 0.2) is 10.7 Å². The maximum atomic E-state index is 5.43. The van der Waals surface area contributed by atoms with Crippen LogP contribution in [0, 0.1) is 0 Å². The van der Waals surface area contributed by atoms with Gasteiger partial charge < -0.3 is 5.73 Å². The molecule has 0 bridgehead atoms. The molecule has 0 fully saturated rings. The lowest BCUT2D eigenvalue weighted by molar-refractivity contribution is 0.516. The maximum absolute atomic E-state index is 5.43. The van der Waals surface area contributed by atoms with Crippen LogP contribution in [0.1, 0.15) is 25.6 Å². The predicted molar refractivity (Wildman–Crippen MR) is 53.1 cm³/mol. The van der Waals surface area contributed by atoms with E-state index in [4.69, 9.17) is 5.73 Å². The molecule has 1 aromatic heterocycles. The number of halogens is 1. The molecule has 0 radical (unpaired) electrons. The molecule has 1 rings (SSSR count). The molecule has 0 spiro atoms. The van der Waals surface area contributed by atoms with E-state index in [-0.39, 0.29) is 0 Å². The van der Waals surface area contributed by atoms with Crippen LogP contribution in [0.25, 0.3) is 0 Å². The van der Waals surface area contributed by atoms with Gasteiger partial charge in [-0.1, -0.05) is 0 Å². The summed E-state index contributed by atoms with van der Waals surface area (Å²) in [4.78, 5) is 0. The van der Waals surface area contributed by atoms with E-state index in [1.54, 1.807) is 0 Å². The lowest BCUT2D eigenvalue weighted by Crippen LogP contribution is -2.06. The highest BCUT2D eigenvalue weighted by Gasteiger charge is 2.06. The zero-order valence-electron chi connectivity index (χ0n) is 7.42. The molecule has 2 N–H and O–H groups in total. The van der Waals surface area contributed by atoms with Crippen molar-refractivity contribution in [2.24, 2.45) is 5.73 Å². The second kappa shape index (κ2) is 4.05. The van der Waals surface area contributed by atoms with Gasteiger partial charge >= 0.3 is 0 Å². The summed E-state index contributed by atoms with van der Waals surface area (Å²) >= 11 is 3.45. The van der Waals surface area contributed by atoms with Crippen molar-refractivity contribution >= 4 is 15.9 Å². The lowest BCUT2D eigenvalue weighted by Gasteiger charge is -2.05. The lowest BCUT2D eigenvalue weighted by atomic mass is 10.3. The third-order valence-electron chi connectivity index (χ3n) is 1.63. The molecule has 0 aromatic carbocycles. The first-order valence-electron chi connectivity index (χ1n) is 4.09. The SMILES string of the molecule is CC(C)n1nc(CCN)cc1Br. The molecule has 0 saturated carbocycles. The van der Waals surface area contributed by atoms with E-state index in [1.165, 1.54) is 0 Å². The summed E-state index contributed by atoms with van der Waals surface area (Å²) in [6, 6.07) is 2.42. The summed E-state index contributed by atoms with van der Waals surface area (Å²) < 4.78 is 2.98. The van der Waals surface area contributed by atoms with E-state index < -0.39 is 0 Å². The Hall–Kier alpha value is -0.350. The summed E-state index contributed by atoms with van der Waals surface area (Å²) in [5.74, 6) is 0. The molecule has 68 valence electrons. The fourth-order valence-electron chi connectivity index (χ4n) is 1.05. The minimum Gasteiger partial charge on any atom is -0.330 e. The summed E-state index contributed by atoms with van der Waals surface area (Å²) in [6.45, 7) is 4.86. The number of nitrogens with zero attached hydrogens (tertiary/aromatic N) is 2. The third-order valence-corrected chi connectivity index (χ3v) is 2.22. The topological polar surface area (TPSA) is 43.8 Å². The molecule has 0 saturated heterocycles. The minimum atomic E-state index is 0.394. The fraction of sp³-hybridized carbons (Fsp3) is 0.625. The summed E-state index contributed by atoms with van der Waals surface area (Å²) in [5.41, 5.74) is 6.49. The standard InChI is InChI=1S/C8H14BrN3/c1-6(2)12-8(9)5-7(11-12)3-4-10/h5-6H,3-4,10H2,1-2H3. The van der Waals surface area contributed by atoms with Gasteiger partial charge in [-0.3, -0.25) is 4.68 Å². The highest BCUT2D eigenvalue weighted by Crippen LogP contribution is 2.16. The van der Waals surface area contributed by atoms with E-state index >= 15 is 0 Å². The van der Waals surface area contributed by atoms with Crippen LogP contribution in [0.3, 0.4) is 0 Å². The Morgan fingerprint density at radius 1 is 1.67 bits per heavy atom. The van der Waals surface area contributed by atoms with Gasteiger partial charge in [-0.2, -0.15) is 5.10 Å². The average Bonchev–Trinajstić information content (AvgIpc) is 2.32. The second-order valence-corrected chi connectivity index (χ2v) is 3.85. The molecular weight excluding hydrogens is 218 g/mol. The molecular formula is C8H14BrN3. The van der Waals surface area contributed by atoms with Crippen molar-refractivity contribution in [2.75, 3.05) is 6.54 Å². The molecule has 0 atom stereocenters. The van der Waals surface area contributed by atoms with Crippen LogP contribution >= 0.6 is 15.9 Å². The smallest absolute Gasteiger partial charge is 0.104 e. The Morgan fingerprint density at radius 3 is 2.75 bits per heavy atom. The molecule has 0 aliphatic carbocycles. The average molecular weight is 232 g/mol. The predicted octanol–water partition coefficient (Wildman–Crippen LogP) is 1.73. The van der Waals surface area contributed by atoms with Crippen LogP contribution in [0.2, 0.25) is 0 Å². The van der Waals surface area contributed by atoms with Gasteiger partial charge in [-0.25, -0.2) is 0 Å². The second-order valence-electron chi connectivity index (χ2n) is 3.04. The quantitative estimate of drug-likeness (QED) is 0.862. The van der Waals surface area contributed by atoms with Crippen molar-refractivity contribution in [2.45, 2.75) is 26.3 Å². The van der Waals surface area contributed by atoms with Gasteiger partial charge in [0.05, 0.1) is 5.69 Å². The summed E-state index contributed by atoms with van der Waals surface area (Å²) in [6.07, 6.45) is 0.846. The van der Waals surface area contributed by atoms with E-state index in [2.05, 4.69) is 34.9 Å². The van der Waals surface area contributed by atoms with Crippen LogP contribution in [-0.4, -0.2) is 16.3 Å². The first kappa shape index (κ1) is 9.74. The van der Waals surface area contributed by atoms with Gasteiger partial charge in [0.1, 0.15) is 4.60 Å². The van der Waals surface area contributed by atoms with Crippen molar-refractivity contribution < 1.29 is 0 Å². The highest BCUT2D eigenvalue weighted by atomic mass is 79.9. The van der Waals surface area contributed by atoms with E-state index in [9.17, 15) is 0 Å². The Kier molecular flexibility index (Phi) is 3.29. The van der Waals surface area contributed by atoms with Crippen molar-refractivity contribution in [3.63, 3.8) is 0 Å². The largest absolute Gasteiger partial charge is 0.330 e. The van der Waals surface area contributed by atoms with Gasteiger partial charge in [-0.05, 0) is 42.4 Å². The fourth-order valence-corrected chi connectivity index (χ4v) is 1.80. The van der Waals surface area contributed by atoms with Crippen molar-refractivity contribution in [3.8, 4) is 0 Å². The number of aromatic nitrogens is 2. The highest BCUT2D eigenvalue weighted by molar-refractivity contribution is 9.10.